The zero-order valence-corrected chi connectivity index (χ0v) is 14.1. The second-order valence-corrected chi connectivity index (χ2v) is 6.83. The van der Waals surface area contributed by atoms with Crippen molar-refractivity contribution in [1.29, 1.82) is 0 Å². The number of imidazole rings is 1. The molecule has 0 saturated heterocycles. The Kier molecular flexibility index (Phi) is 4.23. The Morgan fingerprint density at radius 3 is 3.12 bits per heavy atom. The van der Waals surface area contributed by atoms with E-state index in [0.29, 0.717) is 12.1 Å². The van der Waals surface area contributed by atoms with Gasteiger partial charge in [-0.25, -0.2) is 14.8 Å². The van der Waals surface area contributed by atoms with Crippen LogP contribution in [-0.4, -0.2) is 26.9 Å². The number of nitrogens with one attached hydrogen (secondary N) is 1. The number of amides is 1. The first-order valence-electron chi connectivity index (χ1n) is 7.89. The van der Waals surface area contributed by atoms with Gasteiger partial charge in [0.25, 0.3) is 5.91 Å². The largest absolute Gasteiger partial charge is 0.321 e. The summed E-state index contributed by atoms with van der Waals surface area (Å²) in [7, 11) is 0. The molecule has 7 heteroatoms. The molecule has 1 aromatic heterocycles. The third kappa shape index (κ3) is 3.28. The first-order valence-corrected chi connectivity index (χ1v) is 8.87. The van der Waals surface area contributed by atoms with Crippen molar-refractivity contribution in [2.45, 2.75) is 17.9 Å². The van der Waals surface area contributed by atoms with E-state index < -0.39 is 0 Å². The summed E-state index contributed by atoms with van der Waals surface area (Å²) < 4.78 is 15.3. The fourth-order valence-electron chi connectivity index (χ4n) is 2.82. The molecule has 4 rings (SSSR count). The second kappa shape index (κ2) is 6.68. The molecule has 25 heavy (non-hydrogen) atoms. The van der Waals surface area contributed by atoms with Gasteiger partial charge in [-0.2, -0.15) is 5.10 Å². The van der Waals surface area contributed by atoms with E-state index in [0.717, 1.165) is 27.2 Å². The topological polar surface area (TPSA) is 59.3 Å². The summed E-state index contributed by atoms with van der Waals surface area (Å²) in [6.45, 7) is 0.127. The van der Waals surface area contributed by atoms with Crippen molar-refractivity contribution < 1.29 is 9.18 Å². The maximum atomic E-state index is 13.5. The normalized spacial score (nSPS) is 15.3. The van der Waals surface area contributed by atoms with Gasteiger partial charge in [0.15, 0.2) is 0 Å². The fraction of sp³-hybridized carbons (Fsp3) is 0.167. The first-order chi connectivity index (χ1) is 12.2. The SMILES string of the molecule is O=C(Cn1cnc2ccccc21)N/N=C1\CCSc2ccc(F)cc21. The van der Waals surface area contributed by atoms with Crippen LogP contribution in [0.4, 0.5) is 4.39 Å². The van der Waals surface area contributed by atoms with Gasteiger partial charge >= 0.3 is 0 Å². The summed E-state index contributed by atoms with van der Waals surface area (Å²) in [5.74, 6) is 0.316. The minimum absolute atomic E-state index is 0.127. The molecule has 126 valence electrons. The van der Waals surface area contributed by atoms with Crippen molar-refractivity contribution in [3.05, 3.63) is 60.2 Å². The summed E-state index contributed by atoms with van der Waals surface area (Å²) >= 11 is 1.67. The molecule has 1 aliphatic rings. The Balaban J connectivity index is 1.51. The average Bonchev–Trinajstić information content (AvgIpc) is 3.03. The molecule has 0 atom stereocenters. The van der Waals surface area contributed by atoms with E-state index >= 15 is 0 Å². The third-order valence-electron chi connectivity index (χ3n) is 4.01. The number of aromatic nitrogens is 2. The van der Waals surface area contributed by atoms with Crippen LogP contribution in [0.15, 0.2) is 58.8 Å². The van der Waals surface area contributed by atoms with E-state index in [1.807, 2.05) is 24.3 Å². The minimum atomic E-state index is -0.301. The van der Waals surface area contributed by atoms with Crippen molar-refractivity contribution in [3.63, 3.8) is 0 Å². The number of nitrogens with zero attached hydrogens (tertiary/aromatic N) is 3. The number of para-hydroxylation sites is 2. The Labute approximate surface area is 147 Å². The van der Waals surface area contributed by atoms with Gasteiger partial charge < -0.3 is 4.57 Å². The molecule has 2 heterocycles. The van der Waals surface area contributed by atoms with Gasteiger partial charge in [0, 0.05) is 22.6 Å². The van der Waals surface area contributed by atoms with Gasteiger partial charge in [0.05, 0.1) is 23.1 Å². The number of rotatable bonds is 3. The number of benzene rings is 2. The number of thioether (sulfide) groups is 1. The lowest BCUT2D eigenvalue weighted by Crippen LogP contribution is -2.25. The van der Waals surface area contributed by atoms with Crippen molar-refractivity contribution in [2.75, 3.05) is 5.75 Å². The van der Waals surface area contributed by atoms with Crippen molar-refractivity contribution in [2.24, 2.45) is 5.10 Å². The van der Waals surface area contributed by atoms with E-state index in [2.05, 4.69) is 15.5 Å². The van der Waals surface area contributed by atoms with Crippen LogP contribution in [-0.2, 0) is 11.3 Å². The number of hydrogen-bond acceptors (Lipinski definition) is 4. The van der Waals surface area contributed by atoms with E-state index in [1.165, 1.54) is 12.1 Å². The van der Waals surface area contributed by atoms with Crippen LogP contribution in [0.1, 0.15) is 12.0 Å². The highest BCUT2D eigenvalue weighted by molar-refractivity contribution is 7.99. The molecule has 0 radical (unpaired) electrons. The summed E-state index contributed by atoms with van der Waals surface area (Å²) in [6, 6.07) is 12.3. The minimum Gasteiger partial charge on any atom is -0.321 e. The number of carbonyl (C=O) groups excluding carboxylic acids is 1. The molecule has 0 fully saturated rings. The predicted molar refractivity (Wildman–Crippen MR) is 96.2 cm³/mol. The lowest BCUT2D eigenvalue weighted by atomic mass is 10.1. The van der Waals surface area contributed by atoms with Gasteiger partial charge in [-0.15, -0.1) is 11.8 Å². The molecule has 0 spiro atoms. The van der Waals surface area contributed by atoms with Crippen molar-refractivity contribution >= 4 is 34.4 Å². The van der Waals surface area contributed by atoms with Crippen molar-refractivity contribution in [1.82, 2.24) is 15.0 Å². The molecule has 5 nitrogen and oxygen atoms in total. The van der Waals surface area contributed by atoms with Gasteiger partial charge in [0.2, 0.25) is 0 Å². The van der Waals surface area contributed by atoms with E-state index in [9.17, 15) is 9.18 Å². The zero-order chi connectivity index (χ0) is 17.2. The van der Waals surface area contributed by atoms with Gasteiger partial charge in [0.1, 0.15) is 12.4 Å². The van der Waals surface area contributed by atoms with Crippen LogP contribution in [0.3, 0.4) is 0 Å². The predicted octanol–water partition coefficient (Wildman–Crippen LogP) is 3.19. The maximum absolute atomic E-state index is 13.5. The molecular formula is C18H15FN4OS. The Morgan fingerprint density at radius 2 is 2.20 bits per heavy atom. The van der Waals surface area contributed by atoms with Crippen LogP contribution in [0.2, 0.25) is 0 Å². The highest BCUT2D eigenvalue weighted by Gasteiger charge is 2.17. The number of halogens is 1. The Morgan fingerprint density at radius 1 is 1.32 bits per heavy atom. The summed E-state index contributed by atoms with van der Waals surface area (Å²) in [5, 5.41) is 4.23. The summed E-state index contributed by atoms with van der Waals surface area (Å²) in [4.78, 5) is 17.5. The molecule has 1 aliphatic heterocycles. The molecule has 0 aliphatic carbocycles. The van der Waals surface area contributed by atoms with E-state index in [-0.39, 0.29) is 18.3 Å². The third-order valence-corrected chi connectivity index (χ3v) is 5.08. The van der Waals surface area contributed by atoms with Crippen LogP contribution in [0.25, 0.3) is 11.0 Å². The molecule has 1 N–H and O–H groups in total. The van der Waals surface area contributed by atoms with Gasteiger partial charge in [-0.1, -0.05) is 12.1 Å². The highest BCUT2D eigenvalue weighted by atomic mass is 32.2. The smallest absolute Gasteiger partial charge is 0.260 e. The monoisotopic (exact) mass is 354 g/mol. The molecule has 0 bridgehead atoms. The summed E-state index contributed by atoms with van der Waals surface area (Å²) in [5.41, 5.74) is 5.78. The molecule has 0 unspecified atom stereocenters. The quantitative estimate of drug-likeness (QED) is 0.735. The Bertz CT molecular complexity index is 982. The molecule has 3 aromatic rings. The second-order valence-electron chi connectivity index (χ2n) is 5.69. The van der Waals surface area contributed by atoms with Crippen LogP contribution < -0.4 is 5.43 Å². The van der Waals surface area contributed by atoms with E-state index in [4.69, 9.17) is 0 Å². The van der Waals surface area contributed by atoms with Crippen LogP contribution >= 0.6 is 11.8 Å². The summed E-state index contributed by atoms with van der Waals surface area (Å²) in [6.07, 6.45) is 2.33. The van der Waals surface area contributed by atoms with Gasteiger partial charge in [-0.3, -0.25) is 4.79 Å². The fourth-order valence-corrected chi connectivity index (χ4v) is 3.83. The lowest BCUT2D eigenvalue weighted by molar-refractivity contribution is -0.121. The molecule has 2 aromatic carbocycles. The van der Waals surface area contributed by atoms with Crippen molar-refractivity contribution in [3.8, 4) is 0 Å². The zero-order valence-electron chi connectivity index (χ0n) is 13.3. The molecule has 0 saturated carbocycles. The highest BCUT2D eigenvalue weighted by Crippen LogP contribution is 2.30. The van der Waals surface area contributed by atoms with E-state index in [1.54, 1.807) is 28.7 Å². The van der Waals surface area contributed by atoms with Crippen LogP contribution in [0, 0.1) is 5.82 Å². The van der Waals surface area contributed by atoms with Crippen LogP contribution in [0.5, 0.6) is 0 Å². The van der Waals surface area contributed by atoms with Gasteiger partial charge in [-0.05, 0) is 30.3 Å². The average molecular weight is 354 g/mol. The molecule has 1 amide bonds. The lowest BCUT2D eigenvalue weighted by Gasteiger charge is -2.17. The first kappa shape index (κ1) is 15.8. The molecular weight excluding hydrogens is 339 g/mol. The number of fused-ring (bicyclic) bond motifs is 2. The number of hydrogen-bond donors (Lipinski definition) is 1. The standard InChI is InChI=1S/C18H15FN4OS/c19-12-5-6-17-13(9-12)14(7-8-25-17)21-22-18(24)10-23-11-20-15-3-1-2-4-16(15)23/h1-6,9,11H,7-8,10H2,(H,22,24)/b21-14+. The maximum Gasteiger partial charge on any atom is 0.260 e. The number of hydrazone groups is 1. The number of carbonyl (C=O) groups is 1. The Hall–Kier alpha value is -2.67.